The molecule has 0 bridgehead atoms. The Labute approximate surface area is 125 Å². The third-order valence-corrected chi connectivity index (χ3v) is 3.83. The van der Waals surface area contributed by atoms with Crippen LogP contribution in [0.15, 0.2) is 29.2 Å². The van der Waals surface area contributed by atoms with Crippen molar-refractivity contribution in [2.45, 2.75) is 4.90 Å². The Bertz CT molecular complexity index is 883. The second kappa shape index (κ2) is 5.68. The number of carbonyl (C=O) groups is 1. The van der Waals surface area contributed by atoms with Crippen molar-refractivity contribution < 1.29 is 13.2 Å². The number of amides is 1. The van der Waals surface area contributed by atoms with Crippen LogP contribution in [0.3, 0.4) is 0 Å². The van der Waals surface area contributed by atoms with Gasteiger partial charge < -0.3 is 4.98 Å². The average molecular weight is 315 g/mol. The van der Waals surface area contributed by atoms with Gasteiger partial charge in [0, 0.05) is 11.8 Å². The fourth-order valence-corrected chi connectivity index (χ4v) is 2.26. The second-order valence-electron chi connectivity index (χ2n) is 4.28. The minimum Gasteiger partial charge on any atom is -0.314 e. The molecule has 0 aliphatic rings. The molecule has 0 radical (unpaired) electrons. The minimum atomic E-state index is -3.34. The van der Waals surface area contributed by atoms with Crippen molar-refractivity contribution in [1.29, 1.82) is 10.5 Å². The molecule has 0 spiro atoms. The van der Waals surface area contributed by atoms with E-state index in [1.165, 1.54) is 24.3 Å². The normalized spacial score (nSPS) is 10.5. The van der Waals surface area contributed by atoms with Gasteiger partial charge in [-0.25, -0.2) is 13.4 Å². The van der Waals surface area contributed by atoms with Gasteiger partial charge in [-0.1, -0.05) is 0 Å². The fraction of sp³-hybridized carbons (Fsp3) is 0.0769. The molecule has 2 N–H and O–H groups in total. The Hall–Kier alpha value is -3.17. The summed E-state index contributed by atoms with van der Waals surface area (Å²) in [6.45, 7) is 0. The molecule has 22 heavy (non-hydrogen) atoms. The highest BCUT2D eigenvalue weighted by atomic mass is 32.2. The maximum atomic E-state index is 12.0. The Balaban J connectivity index is 2.21. The zero-order valence-corrected chi connectivity index (χ0v) is 12.1. The molecule has 1 heterocycles. The SMILES string of the molecule is CS(=O)(=O)c1ccc(C(=O)Nc2nc(C#N)c(C#N)[nH]2)cc1. The van der Waals surface area contributed by atoms with E-state index in [-0.39, 0.29) is 27.8 Å². The number of nitrogens with one attached hydrogen (secondary N) is 2. The number of sulfone groups is 1. The van der Waals surface area contributed by atoms with E-state index in [1.54, 1.807) is 12.1 Å². The van der Waals surface area contributed by atoms with Crippen molar-refractivity contribution in [3.05, 3.63) is 41.2 Å². The maximum Gasteiger partial charge on any atom is 0.257 e. The number of aromatic nitrogens is 2. The lowest BCUT2D eigenvalue weighted by Crippen LogP contribution is -2.13. The smallest absolute Gasteiger partial charge is 0.257 e. The van der Waals surface area contributed by atoms with Crippen LogP contribution in [0.1, 0.15) is 21.7 Å². The van der Waals surface area contributed by atoms with E-state index in [2.05, 4.69) is 15.3 Å². The first-order chi connectivity index (χ1) is 10.3. The van der Waals surface area contributed by atoms with Crippen LogP contribution in [0.4, 0.5) is 5.95 Å². The highest BCUT2D eigenvalue weighted by molar-refractivity contribution is 7.90. The van der Waals surface area contributed by atoms with E-state index in [9.17, 15) is 13.2 Å². The summed E-state index contributed by atoms with van der Waals surface area (Å²) in [7, 11) is -3.34. The van der Waals surface area contributed by atoms with Crippen molar-refractivity contribution in [3.8, 4) is 12.1 Å². The molecule has 0 aliphatic carbocycles. The van der Waals surface area contributed by atoms with Crippen molar-refractivity contribution in [1.82, 2.24) is 9.97 Å². The number of hydrogen-bond donors (Lipinski definition) is 2. The number of hydrogen-bond acceptors (Lipinski definition) is 6. The molecule has 2 aromatic rings. The number of aromatic amines is 1. The second-order valence-corrected chi connectivity index (χ2v) is 6.30. The number of anilines is 1. The van der Waals surface area contributed by atoms with Crippen LogP contribution in [0.2, 0.25) is 0 Å². The van der Waals surface area contributed by atoms with Crippen LogP contribution in [-0.2, 0) is 9.84 Å². The Kier molecular flexibility index (Phi) is 3.93. The predicted octanol–water partition coefficient (Wildman–Crippen LogP) is 0.809. The van der Waals surface area contributed by atoms with Gasteiger partial charge in [0.25, 0.3) is 5.91 Å². The standard InChI is InChI=1S/C13H9N5O3S/c1-22(20,21)9-4-2-8(3-5-9)12(19)18-13-16-10(6-14)11(7-15)17-13/h2-5H,1H3,(H2,16,17,18,19). The van der Waals surface area contributed by atoms with E-state index in [0.29, 0.717) is 0 Å². The summed E-state index contributed by atoms with van der Waals surface area (Å²) < 4.78 is 22.7. The van der Waals surface area contributed by atoms with Gasteiger partial charge in [-0.2, -0.15) is 10.5 Å². The molecule has 110 valence electrons. The Morgan fingerprint density at radius 2 is 1.86 bits per heavy atom. The summed E-state index contributed by atoms with van der Waals surface area (Å²) in [6, 6.07) is 8.80. The first-order valence-corrected chi connectivity index (χ1v) is 7.76. The molecule has 9 heteroatoms. The highest BCUT2D eigenvalue weighted by Gasteiger charge is 2.14. The molecule has 1 amide bonds. The Morgan fingerprint density at radius 3 is 2.32 bits per heavy atom. The van der Waals surface area contributed by atoms with Gasteiger partial charge in [-0.15, -0.1) is 0 Å². The highest BCUT2D eigenvalue weighted by Crippen LogP contribution is 2.13. The lowest BCUT2D eigenvalue weighted by atomic mass is 10.2. The lowest BCUT2D eigenvalue weighted by molar-refractivity contribution is 0.102. The molecular formula is C13H9N5O3S. The van der Waals surface area contributed by atoms with Gasteiger partial charge in [-0.3, -0.25) is 10.1 Å². The first kappa shape index (κ1) is 15.2. The number of rotatable bonds is 3. The van der Waals surface area contributed by atoms with E-state index in [4.69, 9.17) is 10.5 Å². The van der Waals surface area contributed by atoms with Gasteiger partial charge in [0.2, 0.25) is 5.95 Å². The van der Waals surface area contributed by atoms with Crippen molar-refractivity contribution in [2.75, 3.05) is 11.6 Å². The number of nitriles is 2. The zero-order valence-electron chi connectivity index (χ0n) is 11.3. The summed E-state index contributed by atoms with van der Waals surface area (Å²) in [5, 5.41) is 19.9. The Morgan fingerprint density at radius 1 is 1.23 bits per heavy atom. The van der Waals surface area contributed by atoms with Gasteiger partial charge >= 0.3 is 0 Å². The zero-order chi connectivity index (χ0) is 16.3. The molecule has 0 fully saturated rings. The molecule has 1 aromatic heterocycles. The van der Waals surface area contributed by atoms with Gasteiger partial charge in [0.05, 0.1) is 4.90 Å². The lowest BCUT2D eigenvalue weighted by Gasteiger charge is -2.03. The van der Waals surface area contributed by atoms with Crippen LogP contribution in [0.25, 0.3) is 0 Å². The largest absolute Gasteiger partial charge is 0.314 e. The first-order valence-electron chi connectivity index (χ1n) is 5.87. The number of nitrogens with zero attached hydrogens (tertiary/aromatic N) is 3. The summed E-state index contributed by atoms with van der Waals surface area (Å²) in [6.07, 6.45) is 1.07. The molecule has 1 aromatic carbocycles. The summed E-state index contributed by atoms with van der Waals surface area (Å²) in [5.41, 5.74) is 0.0382. The van der Waals surface area contributed by atoms with Crippen molar-refractivity contribution in [3.63, 3.8) is 0 Å². The molecule has 0 unspecified atom stereocenters. The molecule has 0 aliphatic heterocycles. The number of H-pyrrole nitrogens is 1. The number of imidazole rings is 1. The summed E-state index contributed by atoms with van der Waals surface area (Å²) in [4.78, 5) is 18.3. The average Bonchev–Trinajstić information content (AvgIpc) is 2.88. The quantitative estimate of drug-likeness (QED) is 0.859. The molecule has 0 atom stereocenters. The van der Waals surface area contributed by atoms with Crippen LogP contribution >= 0.6 is 0 Å². The van der Waals surface area contributed by atoms with Gasteiger partial charge in [-0.05, 0) is 24.3 Å². The fourth-order valence-electron chi connectivity index (χ4n) is 1.63. The van der Waals surface area contributed by atoms with Crippen LogP contribution in [0.5, 0.6) is 0 Å². The molecule has 8 nitrogen and oxygen atoms in total. The number of benzene rings is 1. The van der Waals surface area contributed by atoms with E-state index >= 15 is 0 Å². The summed E-state index contributed by atoms with van der Waals surface area (Å²) >= 11 is 0. The monoisotopic (exact) mass is 315 g/mol. The molecule has 0 saturated carbocycles. The minimum absolute atomic E-state index is 0.0368. The predicted molar refractivity (Wildman–Crippen MR) is 75.5 cm³/mol. The van der Waals surface area contributed by atoms with Crippen LogP contribution < -0.4 is 5.32 Å². The third kappa shape index (κ3) is 3.11. The van der Waals surface area contributed by atoms with Crippen LogP contribution in [-0.4, -0.2) is 30.5 Å². The summed E-state index contributed by atoms with van der Waals surface area (Å²) in [5.74, 6) is -0.590. The van der Waals surface area contributed by atoms with E-state index < -0.39 is 15.7 Å². The van der Waals surface area contributed by atoms with Crippen molar-refractivity contribution in [2.24, 2.45) is 0 Å². The van der Waals surface area contributed by atoms with Crippen LogP contribution in [0, 0.1) is 22.7 Å². The van der Waals surface area contributed by atoms with Crippen molar-refractivity contribution >= 4 is 21.7 Å². The topological polar surface area (TPSA) is 139 Å². The van der Waals surface area contributed by atoms with Gasteiger partial charge in [0.15, 0.2) is 21.2 Å². The third-order valence-electron chi connectivity index (χ3n) is 2.70. The maximum absolute atomic E-state index is 12.0. The van der Waals surface area contributed by atoms with E-state index in [0.717, 1.165) is 6.26 Å². The molecule has 0 saturated heterocycles. The molecule has 2 rings (SSSR count). The van der Waals surface area contributed by atoms with Gasteiger partial charge in [0.1, 0.15) is 12.1 Å². The van der Waals surface area contributed by atoms with E-state index in [1.807, 2.05) is 0 Å². The number of carbonyl (C=O) groups excluding carboxylic acids is 1. The molecular weight excluding hydrogens is 306 g/mol.